The molecule has 0 heterocycles. The molecule has 88 valence electrons. The first-order chi connectivity index (χ1) is 7.54. The topological polar surface area (TPSA) is 43.4 Å². The molecule has 4 heteroatoms. The van der Waals surface area contributed by atoms with Crippen LogP contribution in [-0.4, -0.2) is 26.9 Å². The quantitative estimate of drug-likeness (QED) is 0.740. The van der Waals surface area contributed by atoms with Gasteiger partial charge in [0.2, 0.25) is 0 Å². The molecular formula is C12H16O3S. The third kappa shape index (κ3) is 2.51. The van der Waals surface area contributed by atoms with Gasteiger partial charge in [-0.05, 0) is 19.1 Å². The van der Waals surface area contributed by atoms with Gasteiger partial charge < -0.3 is 4.74 Å². The first kappa shape index (κ1) is 12.9. The van der Waals surface area contributed by atoms with Crippen molar-refractivity contribution in [3.8, 4) is 0 Å². The maximum atomic E-state index is 12.2. The van der Waals surface area contributed by atoms with Crippen LogP contribution in [0.3, 0.4) is 0 Å². The van der Waals surface area contributed by atoms with E-state index in [9.17, 15) is 8.42 Å². The lowest BCUT2D eigenvalue weighted by molar-refractivity contribution is 0.140. The van der Waals surface area contributed by atoms with Crippen molar-refractivity contribution in [1.29, 1.82) is 0 Å². The van der Waals surface area contributed by atoms with E-state index < -0.39 is 21.2 Å². The van der Waals surface area contributed by atoms with Gasteiger partial charge in [0.05, 0.1) is 16.2 Å². The van der Waals surface area contributed by atoms with Gasteiger partial charge in [-0.2, -0.15) is 0 Å². The summed E-state index contributed by atoms with van der Waals surface area (Å²) in [5.74, 6) is 0. The molecule has 1 aromatic carbocycles. The highest BCUT2D eigenvalue weighted by Gasteiger charge is 2.28. The predicted octanol–water partition coefficient (Wildman–Crippen LogP) is 2.05. The monoisotopic (exact) mass is 240 g/mol. The fraction of sp³-hybridized carbons (Fsp3) is 0.333. The summed E-state index contributed by atoms with van der Waals surface area (Å²) in [6.45, 7) is 5.19. The highest BCUT2D eigenvalue weighted by Crippen LogP contribution is 2.19. The van der Waals surface area contributed by atoms with Gasteiger partial charge >= 0.3 is 0 Å². The standard InChI is InChI=1S/C12H16O3S/c1-4-12(15-3)10(2)16(13,14)11-8-6-5-7-9-11/h4-10,12H,1H2,2-3H3/t10-,12?/m0/s1. The maximum Gasteiger partial charge on any atom is 0.183 e. The predicted molar refractivity (Wildman–Crippen MR) is 64.1 cm³/mol. The van der Waals surface area contributed by atoms with Crippen molar-refractivity contribution in [3.63, 3.8) is 0 Å². The molecule has 0 saturated heterocycles. The number of hydrogen-bond donors (Lipinski definition) is 0. The van der Waals surface area contributed by atoms with Gasteiger partial charge in [-0.3, -0.25) is 0 Å². The second-order valence-electron chi connectivity index (χ2n) is 3.50. The molecule has 0 fully saturated rings. The second-order valence-corrected chi connectivity index (χ2v) is 5.80. The van der Waals surface area contributed by atoms with Crippen molar-refractivity contribution in [2.24, 2.45) is 0 Å². The zero-order valence-corrected chi connectivity index (χ0v) is 10.3. The second kappa shape index (κ2) is 5.27. The van der Waals surface area contributed by atoms with Gasteiger partial charge in [-0.1, -0.05) is 24.3 Å². The molecule has 0 amide bonds. The average Bonchev–Trinajstić information content (AvgIpc) is 2.31. The Morgan fingerprint density at radius 1 is 1.31 bits per heavy atom. The molecule has 0 saturated carbocycles. The van der Waals surface area contributed by atoms with E-state index in [-0.39, 0.29) is 0 Å². The van der Waals surface area contributed by atoms with Gasteiger partial charge in [0.1, 0.15) is 0 Å². The first-order valence-corrected chi connectivity index (χ1v) is 6.53. The lowest BCUT2D eigenvalue weighted by Gasteiger charge is -2.19. The Labute approximate surface area is 96.7 Å². The molecule has 0 aliphatic heterocycles. The van der Waals surface area contributed by atoms with Crippen molar-refractivity contribution in [2.45, 2.75) is 23.2 Å². The molecule has 1 rings (SSSR count). The van der Waals surface area contributed by atoms with Crippen LogP contribution < -0.4 is 0 Å². The number of methoxy groups -OCH3 is 1. The van der Waals surface area contributed by atoms with E-state index in [1.165, 1.54) is 13.2 Å². The van der Waals surface area contributed by atoms with Gasteiger partial charge in [0, 0.05) is 7.11 Å². The summed E-state index contributed by atoms with van der Waals surface area (Å²) in [4.78, 5) is 0.311. The number of ether oxygens (including phenoxy) is 1. The van der Waals surface area contributed by atoms with Crippen LogP contribution in [-0.2, 0) is 14.6 Å². The summed E-state index contributed by atoms with van der Waals surface area (Å²) < 4.78 is 29.4. The van der Waals surface area contributed by atoms with Gasteiger partial charge in [0.15, 0.2) is 9.84 Å². The minimum atomic E-state index is -3.36. The van der Waals surface area contributed by atoms with E-state index >= 15 is 0 Å². The average molecular weight is 240 g/mol. The highest BCUT2D eigenvalue weighted by molar-refractivity contribution is 7.92. The largest absolute Gasteiger partial charge is 0.376 e. The smallest absolute Gasteiger partial charge is 0.183 e. The molecule has 1 aromatic rings. The highest BCUT2D eigenvalue weighted by atomic mass is 32.2. The Hall–Kier alpha value is -1.13. The van der Waals surface area contributed by atoms with Crippen molar-refractivity contribution < 1.29 is 13.2 Å². The molecule has 1 unspecified atom stereocenters. The lowest BCUT2D eigenvalue weighted by atomic mass is 10.3. The fourth-order valence-corrected chi connectivity index (χ4v) is 3.02. The molecule has 0 aromatic heterocycles. The van der Waals surface area contributed by atoms with Crippen LogP contribution in [0.5, 0.6) is 0 Å². The SMILES string of the molecule is C=CC(OC)[C@H](C)S(=O)(=O)c1ccccc1. The van der Waals surface area contributed by atoms with Crippen LogP contribution in [0, 0.1) is 0 Å². The summed E-state index contributed by atoms with van der Waals surface area (Å²) in [6.07, 6.45) is 1.01. The Morgan fingerprint density at radius 2 is 1.88 bits per heavy atom. The van der Waals surface area contributed by atoms with Crippen molar-refractivity contribution in [2.75, 3.05) is 7.11 Å². The molecule has 2 atom stereocenters. The molecule has 0 aliphatic carbocycles. The molecule has 3 nitrogen and oxygen atoms in total. The third-order valence-electron chi connectivity index (χ3n) is 2.53. The van der Waals surface area contributed by atoms with Crippen molar-refractivity contribution in [1.82, 2.24) is 0 Å². The summed E-state index contributed by atoms with van der Waals surface area (Å²) in [7, 11) is -1.88. The lowest BCUT2D eigenvalue weighted by Crippen LogP contribution is -2.31. The summed E-state index contributed by atoms with van der Waals surface area (Å²) in [6, 6.07) is 8.36. The van der Waals surface area contributed by atoms with Crippen LogP contribution in [0.15, 0.2) is 47.9 Å². The zero-order valence-electron chi connectivity index (χ0n) is 9.46. The van der Waals surface area contributed by atoms with Crippen LogP contribution in [0.1, 0.15) is 6.92 Å². The van der Waals surface area contributed by atoms with Gasteiger partial charge in [0.25, 0.3) is 0 Å². The Morgan fingerprint density at radius 3 is 2.31 bits per heavy atom. The van der Waals surface area contributed by atoms with Gasteiger partial charge in [-0.25, -0.2) is 8.42 Å². The molecule has 0 N–H and O–H groups in total. The van der Waals surface area contributed by atoms with E-state index in [1.807, 2.05) is 0 Å². The molecule has 16 heavy (non-hydrogen) atoms. The minimum Gasteiger partial charge on any atom is -0.376 e. The molecular weight excluding hydrogens is 224 g/mol. The van der Waals surface area contributed by atoms with Crippen molar-refractivity contribution in [3.05, 3.63) is 43.0 Å². The summed E-state index contributed by atoms with van der Waals surface area (Å²) >= 11 is 0. The van der Waals surface area contributed by atoms with Crippen LogP contribution in [0.4, 0.5) is 0 Å². The van der Waals surface area contributed by atoms with Crippen LogP contribution in [0.2, 0.25) is 0 Å². The van der Waals surface area contributed by atoms with E-state index in [2.05, 4.69) is 6.58 Å². The zero-order chi connectivity index (χ0) is 12.2. The normalized spacial score (nSPS) is 15.4. The van der Waals surface area contributed by atoms with Crippen molar-refractivity contribution >= 4 is 9.84 Å². The van der Waals surface area contributed by atoms with Crippen LogP contribution in [0.25, 0.3) is 0 Å². The fourth-order valence-electron chi connectivity index (χ4n) is 1.48. The van der Waals surface area contributed by atoms with E-state index in [0.717, 1.165) is 0 Å². The van der Waals surface area contributed by atoms with E-state index in [0.29, 0.717) is 4.90 Å². The summed E-state index contributed by atoms with van der Waals surface area (Å²) in [5, 5.41) is -0.641. The number of rotatable bonds is 5. The Balaban J connectivity index is 3.08. The number of benzene rings is 1. The Bertz CT molecular complexity index is 437. The summed E-state index contributed by atoms with van der Waals surface area (Å²) in [5.41, 5.74) is 0. The van der Waals surface area contributed by atoms with Gasteiger partial charge in [-0.15, -0.1) is 6.58 Å². The van der Waals surface area contributed by atoms with E-state index in [1.54, 1.807) is 37.3 Å². The minimum absolute atomic E-state index is 0.311. The first-order valence-electron chi connectivity index (χ1n) is 4.98. The molecule has 0 aliphatic rings. The third-order valence-corrected chi connectivity index (χ3v) is 4.70. The molecule has 0 radical (unpaired) electrons. The number of hydrogen-bond acceptors (Lipinski definition) is 3. The molecule has 0 bridgehead atoms. The molecule has 0 spiro atoms. The Kier molecular flexibility index (Phi) is 4.26. The maximum absolute atomic E-state index is 12.2. The van der Waals surface area contributed by atoms with Crippen LogP contribution >= 0.6 is 0 Å². The number of sulfone groups is 1. The van der Waals surface area contributed by atoms with E-state index in [4.69, 9.17) is 4.74 Å².